The Bertz CT molecular complexity index is 1000. The van der Waals surface area contributed by atoms with Crippen LogP contribution in [0.2, 0.25) is 0 Å². The molecule has 2 aromatic heterocycles. The Hall–Kier alpha value is -3.26. The van der Waals surface area contributed by atoms with E-state index in [4.69, 9.17) is 9.47 Å². The molecule has 1 aromatic carbocycles. The van der Waals surface area contributed by atoms with Crippen molar-refractivity contribution in [3.05, 3.63) is 54.5 Å². The smallest absolute Gasteiger partial charge is 0.170 e. The van der Waals surface area contributed by atoms with Gasteiger partial charge in [-0.15, -0.1) is 5.10 Å². The van der Waals surface area contributed by atoms with Gasteiger partial charge in [-0.05, 0) is 49.7 Å². The van der Waals surface area contributed by atoms with E-state index >= 15 is 0 Å². The summed E-state index contributed by atoms with van der Waals surface area (Å²) in [6, 6.07) is 12.5. The number of aromatic nitrogens is 3. The largest absolute Gasteiger partial charge is 0.497 e. The monoisotopic (exact) mass is 409 g/mol. The molecule has 0 spiro atoms. The van der Waals surface area contributed by atoms with Gasteiger partial charge >= 0.3 is 0 Å². The lowest BCUT2D eigenvalue weighted by Crippen LogP contribution is -2.45. The second kappa shape index (κ2) is 8.62. The van der Waals surface area contributed by atoms with Gasteiger partial charge in [0.05, 0.1) is 25.5 Å². The van der Waals surface area contributed by atoms with Crippen LogP contribution in [0.15, 0.2) is 48.7 Å². The van der Waals surface area contributed by atoms with Crippen LogP contribution in [-0.4, -0.2) is 47.6 Å². The number of methoxy groups -OCH3 is 1. The molecule has 1 aliphatic rings. The molecule has 7 nitrogen and oxygen atoms in total. The highest BCUT2D eigenvalue weighted by Crippen LogP contribution is 2.26. The topological polar surface area (TPSA) is 72.4 Å². The standard InChI is InChI=1S/C22H24FN5O2/c1-14-12-28(13-15(2)30-14)21-9-8-19(23)22(26-21)25-20-10-17(11-24-27-20)16-4-6-18(29-3)7-5-16/h4-11,14-15H,12-13H2,1-3H3,(H,25,26,27)/t14-,15+. The molecular weight excluding hydrogens is 385 g/mol. The first-order chi connectivity index (χ1) is 14.5. The van der Waals surface area contributed by atoms with Gasteiger partial charge in [-0.3, -0.25) is 0 Å². The van der Waals surface area contributed by atoms with E-state index in [9.17, 15) is 4.39 Å². The summed E-state index contributed by atoms with van der Waals surface area (Å²) in [5.74, 6) is 1.54. The minimum atomic E-state index is -0.454. The average Bonchev–Trinajstić information content (AvgIpc) is 2.75. The highest BCUT2D eigenvalue weighted by atomic mass is 19.1. The molecule has 1 saturated heterocycles. The van der Waals surface area contributed by atoms with Gasteiger partial charge in [0.25, 0.3) is 0 Å². The van der Waals surface area contributed by atoms with E-state index < -0.39 is 5.82 Å². The molecule has 1 aliphatic heterocycles. The number of anilines is 3. The zero-order chi connectivity index (χ0) is 21.1. The zero-order valence-corrected chi connectivity index (χ0v) is 17.2. The van der Waals surface area contributed by atoms with Gasteiger partial charge in [0, 0.05) is 18.7 Å². The first-order valence-corrected chi connectivity index (χ1v) is 9.83. The lowest BCUT2D eigenvalue weighted by Gasteiger charge is -2.36. The number of nitrogens with zero attached hydrogens (tertiary/aromatic N) is 4. The van der Waals surface area contributed by atoms with Crippen LogP contribution in [0, 0.1) is 5.82 Å². The number of pyridine rings is 1. The summed E-state index contributed by atoms with van der Waals surface area (Å²) >= 11 is 0. The highest BCUT2D eigenvalue weighted by molar-refractivity contribution is 5.67. The van der Waals surface area contributed by atoms with Crippen molar-refractivity contribution in [3.8, 4) is 16.9 Å². The van der Waals surface area contributed by atoms with E-state index in [2.05, 4.69) is 25.4 Å². The summed E-state index contributed by atoms with van der Waals surface area (Å²) in [5.41, 5.74) is 1.80. The third-order valence-electron chi connectivity index (χ3n) is 4.90. The van der Waals surface area contributed by atoms with Crippen molar-refractivity contribution in [1.29, 1.82) is 0 Å². The molecule has 3 heterocycles. The van der Waals surface area contributed by atoms with E-state index in [-0.39, 0.29) is 18.0 Å². The second-order valence-electron chi connectivity index (χ2n) is 7.35. The summed E-state index contributed by atoms with van der Waals surface area (Å²) in [6.07, 6.45) is 1.83. The number of hydrogen-bond acceptors (Lipinski definition) is 7. The third kappa shape index (κ3) is 4.49. The van der Waals surface area contributed by atoms with Crippen molar-refractivity contribution in [1.82, 2.24) is 15.2 Å². The molecule has 0 radical (unpaired) electrons. The Labute approximate surface area is 174 Å². The number of morpholine rings is 1. The molecule has 3 aromatic rings. The molecule has 0 amide bonds. The fourth-order valence-corrected chi connectivity index (χ4v) is 3.55. The Balaban J connectivity index is 1.56. The molecule has 156 valence electrons. The van der Waals surface area contributed by atoms with E-state index in [0.717, 1.165) is 16.9 Å². The molecule has 4 rings (SSSR count). The molecule has 8 heteroatoms. The summed E-state index contributed by atoms with van der Waals surface area (Å²) in [6.45, 7) is 5.45. The summed E-state index contributed by atoms with van der Waals surface area (Å²) in [4.78, 5) is 6.59. The Morgan fingerprint density at radius 2 is 1.80 bits per heavy atom. The molecule has 0 saturated carbocycles. The van der Waals surface area contributed by atoms with Gasteiger partial charge in [0.1, 0.15) is 11.6 Å². The van der Waals surface area contributed by atoms with Crippen LogP contribution in [0.3, 0.4) is 0 Å². The Morgan fingerprint density at radius 3 is 2.50 bits per heavy atom. The van der Waals surface area contributed by atoms with Crippen LogP contribution in [-0.2, 0) is 4.74 Å². The first-order valence-electron chi connectivity index (χ1n) is 9.83. The molecule has 30 heavy (non-hydrogen) atoms. The van der Waals surface area contributed by atoms with Crippen LogP contribution in [0.5, 0.6) is 5.75 Å². The summed E-state index contributed by atoms with van der Waals surface area (Å²) in [7, 11) is 1.62. The van der Waals surface area contributed by atoms with E-state index in [1.807, 2.05) is 44.2 Å². The third-order valence-corrected chi connectivity index (χ3v) is 4.90. The van der Waals surface area contributed by atoms with E-state index in [0.29, 0.717) is 24.7 Å². The summed E-state index contributed by atoms with van der Waals surface area (Å²) in [5, 5.41) is 11.1. The van der Waals surface area contributed by atoms with Crippen LogP contribution >= 0.6 is 0 Å². The van der Waals surface area contributed by atoms with Gasteiger partial charge < -0.3 is 19.7 Å². The van der Waals surface area contributed by atoms with Gasteiger partial charge in [-0.1, -0.05) is 12.1 Å². The molecule has 2 atom stereocenters. The fraction of sp³-hybridized carbons (Fsp3) is 0.318. The van der Waals surface area contributed by atoms with E-state index in [1.165, 1.54) is 6.07 Å². The van der Waals surface area contributed by atoms with Crippen molar-refractivity contribution in [3.63, 3.8) is 0 Å². The van der Waals surface area contributed by atoms with Crippen molar-refractivity contribution in [2.45, 2.75) is 26.1 Å². The molecule has 0 bridgehead atoms. The van der Waals surface area contributed by atoms with E-state index in [1.54, 1.807) is 19.4 Å². The Morgan fingerprint density at radius 1 is 1.07 bits per heavy atom. The van der Waals surface area contributed by atoms with Crippen molar-refractivity contribution in [2.75, 3.05) is 30.4 Å². The van der Waals surface area contributed by atoms with Gasteiger partial charge in [-0.2, -0.15) is 5.10 Å². The molecule has 1 fully saturated rings. The van der Waals surface area contributed by atoms with Crippen LogP contribution in [0.1, 0.15) is 13.8 Å². The van der Waals surface area contributed by atoms with Gasteiger partial charge in [-0.25, -0.2) is 9.37 Å². The highest BCUT2D eigenvalue weighted by Gasteiger charge is 2.24. The van der Waals surface area contributed by atoms with Crippen LogP contribution in [0.4, 0.5) is 21.8 Å². The van der Waals surface area contributed by atoms with Crippen molar-refractivity contribution in [2.24, 2.45) is 0 Å². The zero-order valence-electron chi connectivity index (χ0n) is 17.2. The maximum absolute atomic E-state index is 14.5. The maximum atomic E-state index is 14.5. The number of nitrogens with one attached hydrogen (secondary N) is 1. The number of ether oxygens (including phenoxy) is 2. The fourth-order valence-electron chi connectivity index (χ4n) is 3.55. The predicted octanol–water partition coefficient (Wildman–Crippen LogP) is 4.04. The van der Waals surface area contributed by atoms with Gasteiger partial charge in [0.15, 0.2) is 17.5 Å². The number of halogens is 1. The van der Waals surface area contributed by atoms with Crippen molar-refractivity contribution < 1.29 is 13.9 Å². The van der Waals surface area contributed by atoms with Crippen molar-refractivity contribution >= 4 is 17.5 Å². The number of benzene rings is 1. The normalized spacial score (nSPS) is 18.9. The average molecular weight is 409 g/mol. The molecule has 1 N–H and O–H groups in total. The second-order valence-corrected chi connectivity index (χ2v) is 7.35. The molecule has 0 aliphatic carbocycles. The molecule has 0 unspecified atom stereocenters. The quantitative estimate of drug-likeness (QED) is 0.682. The predicted molar refractivity (Wildman–Crippen MR) is 114 cm³/mol. The molecular formula is C22H24FN5O2. The lowest BCUT2D eigenvalue weighted by molar-refractivity contribution is -0.00545. The minimum Gasteiger partial charge on any atom is -0.497 e. The van der Waals surface area contributed by atoms with Crippen LogP contribution < -0.4 is 15.0 Å². The number of hydrogen-bond donors (Lipinski definition) is 1. The van der Waals surface area contributed by atoms with Gasteiger partial charge in [0.2, 0.25) is 0 Å². The maximum Gasteiger partial charge on any atom is 0.170 e. The SMILES string of the molecule is COc1ccc(-c2cnnc(Nc3nc(N4C[C@@H](C)O[C@@H](C)C4)ccc3F)c2)cc1. The summed E-state index contributed by atoms with van der Waals surface area (Å²) < 4.78 is 25.4. The Kier molecular flexibility index (Phi) is 5.76. The minimum absolute atomic E-state index is 0.0871. The lowest BCUT2D eigenvalue weighted by atomic mass is 10.1. The first kappa shape index (κ1) is 20.0. The number of rotatable bonds is 5. The van der Waals surface area contributed by atoms with Crippen LogP contribution in [0.25, 0.3) is 11.1 Å².